The first-order valence-electron chi connectivity index (χ1n) is 2.24. The molecule has 2 nitrogen and oxygen atoms in total. The zero-order valence-corrected chi connectivity index (χ0v) is 4.51. The fourth-order valence-corrected chi connectivity index (χ4v) is 0.105. The summed E-state index contributed by atoms with van der Waals surface area (Å²) < 4.78 is 0. The lowest BCUT2D eigenvalue weighted by molar-refractivity contribution is 0.0780. The zero-order valence-electron chi connectivity index (χ0n) is 4.51. The summed E-state index contributed by atoms with van der Waals surface area (Å²) in [5.74, 6) is -0.347. The van der Waals surface area contributed by atoms with Gasteiger partial charge in [-0.3, -0.25) is 0 Å². The Balaban J connectivity index is 3.40. The lowest BCUT2D eigenvalue weighted by Crippen LogP contribution is -2.07. The predicted octanol–water partition coefficient (Wildman–Crippen LogP) is 0.965. The highest BCUT2D eigenvalue weighted by molar-refractivity contribution is 4.81. The molecular formula is C5H8NO. The van der Waals surface area contributed by atoms with Gasteiger partial charge in [-0.05, 0) is 13.8 Å². The second-order valence-electron chi connectivity index (χ2n) is 1.62. The molecule has 0 aliphatic rings. The maximum Gasteiger partial charge on any atom is 0.106 e. The predicted molar refractivity (Wildman–Crippen MR) is 24.9 cm³/mol. The molecule has 2 heteroatoms. The Morgan fingerprint density at radius 2 is 2.00 bits per heavy atom. The third-order valence-electron chi connectivity index (χ3n) is 0.908. The Labute approximate surface area is 43.4 Å². The Morgan fingerprint density at radius 3 is 2.00 bits per heavy atom. The second-order valence-corrected chi connectivity index (χ2v) is 1.62. The third kappa shape index (κ3) is 2.18. The van der Waals surface area contributed by atoms with E-state index in [1.165, 1.54) is 6.92 Å². The van der Waals surface area contributed by atoms with Crippen molar-refractivity contribution in [1.29, 1.82) is 5.26 Å². The number of hydrogen-bond acceptors (Lipinski definition) is 1. The fraction of sp³-hybridized carbons (Fsp3) is 0.800. The van der Waals surface area contributed by atoms with Crippen LogP contribution in [0.4, 0.5) is 0 Å². The molecule has 0 rings (SSSR count). The summed E-state index contributed by atoms with van der Waals surface area (Å²) in [4.78, 5) is 0. The molecule has 7 heavy (non-hydrogen) atoms. The van der Waals surface area contributed by atoms with Gasteiger partial charge in [0.15, 0.2) is 0 Å². The highest BCUT2D eigenvalue weighted by Crippen LogP contribution is 1.97. The van der Waals surface area contributed by atoms with Gasteiger partial charge in [-0.1, -0.05) is 0 Å². The molecule has 39 valence electrons. The van der Waals surface area contributed by atoms with E-state index >= 15 is 0 Å². The molecule has 0 heterocycles. The van der Waals surface area contributed by atoms with E-state index in [1.54, 1.807) is 6.92 Å². The van der Waals surface area contributed by atoms with Gasteiger partial charge in [-0.15, -0.1) is 0 Å². The number of hydrogen-bond donors (Lipinski definition) is 0. The number of rotatable bonds is 1. The molecule has 2 atom stereocenters. The highest BCUT2D eigenvalue weighted by atomic mass is 16.3. The average Bonchev–Trinajstić information content (AvgIpc) is 1.65. The minimum atomic E-state index is -0.745. The molecule has 0 aromatic carbocycles. The third-order valence-corrected chi connectivity index (χ3v) is 0.908. The minimum absolute atomic E-state index is 0.347. The van der Waals surface area contributed by atoms with Crippen LogP contribution < -0.4 is 0 Å². The van der Waals surface area contributed by atoms with Crippen molar-refractivity contribution in [2.45, 2.75) is 20.0 Å². The van der Waals surface area contributed by atoms with E-state index in [-0.39, 0.29) is 5.92 Å². The van der Waals surface area contributed by atoms with Crippen LogP contribution in [0.3, 0.4) is 0 Å². The van der Waals surface area contributed by atoms with E-state index in [9.17, 15) is 5.11 Å². The molecule has 0 spiro atoms. The van der Waals surface area contributed by atoms with Crippen LogP contribution in [0.25, 0.3) is 0 Å². The molecule has 0 fully saturated rings. The van der Waals surface area contributed by atoms with Gasteiger partial charge in [0.05, 0.1) is 12.0 Å². The van der Waals surface area contributed by atoms with Crippen molar-refractivity contribution in [3.05, 3.63) is 0 Å². The van der Waals surface area contributed by atoms with Crippen LogP contribution in [-0.4, -0.2) is 6.10 Å². The van der Waals surface area contributed by atoms with E-state index in [2.05, 4.69) is 0 Å². The summed E-state index contributed by atoms with van der Waals surface area (Å²) in [6.45, 7) is 3.12. The van der Waals surface area contributed by atoms with Crippen LogP contribution in [0.5, 0.6) is 0 Å². The van der Waals surface area contributed by atoms with Crippen molar-refractivity contribution in [2.75, 3.05) is 0 Å². The Morgan fingerprint density at radius 1 is 1.57 bits per heavy atom. The van der Waals surface area contributed by atoms with E-state index < -0.39 is 6.10 Å². The van der Waals surface area contributed by atoms with Crippen LogP contribution >= 0.6 is 0 Å². The Bertz CT molecular complexity index is 82.6. The van der Waals surface area contributed by atoms with Gasteiger partial charge in [-0.2, -0.15) is 5.26 Å². The first-order valence-corrected chi connectivity index (χ1v) is 2.24. The molecule has 0 saturated carbocycles. The topological polar surface area (TPSA) is 43.7 Å². The van der Waals surface area contributed by atoms with Crippen LogP contribution in [0.15, 0.2) is 0 Å². The molecule has 0 bridgehead atoms. The molecule has 1 radical (unpaired) electrons. The minimum Gasteiger partial charge on any atom is -0.232 e. The second kappa shape index (κ2) is 2.59. The van der Waals surface area contributed by atoms with Crippen molar-refractivity contribution in [1.82, 2.24) is 0 Å². The summed E-state index contributed by atoms with van der Waals surface area (Å²) in [6, 6.07) is 1.85. The Kier molecular flexibility index (Phi) is 2.39. The van der Waals surface area contributed by atoms with E-state index in [0.717, 1.165) is 0 Å². The summed E-state index contributed by atoms with van der Waals surface area (Å²) in [5, 5.41) is 18.3. The van der Waals surface area contributed by atoms with Gasteiger partial charge < -0.3 is 0 Å². The first-order chi connectivity index (χ1) is 3.18. The van der Waals surface area contributed by atoms with Gasteiger partial charge in [0.25, 0.3) is 0 Å². The lowest BCUT2D eigenvalue weighted by atomic mass is 10.1. The smallest absolute Gasteiger partial charge is 0.106 e. The molecule has 0 aromatic rings. The quantitative estimate of drug-likeness (QED) is 0.481. The summed E-state index contributed by atoms with van der Waals surface area (Å²) >= 11 is 0. The Hall–Kier alpha value is -0.550. The maximum absolute atomic E-state index is 10.2. The van der Waals surface area contributed by atoms with Gasteiger partial charge in [0.2, 0.25) is 0 Å². The first kappa shape index (κ1) is 6.45. The van der Waals surface area contributed by atoms with E-state index in [4.69, 9.17) is 5.26 Å². The SMILES string of the molecule is CC([O])C(C)C#N. The molecular weight excluding hydrogens is 90.1 g/mol. The van der Waals surface area contributed by atoms with Gasteiger partial charge in [-0.25, -0.2) is 5.11 Å². The van der Waals surface area contributed by atoms with E-state index in [0.29, 0.717) is 0 Å². The zero-order chi connectivity index (χ0) is 5.86. The molecule has 2 unspecified atom stereocenters. The standard InChI is InChI=1S/C5H8NO/c1-4(3-6)5(2)7/h4-5H,1-2H3. The maximum atomic E-state index is 10.2. The fourth-order valence-electron chi connectivity index (χ4n) is 0.105. The summed E-state index contributed by atoms with van der Waals surface area (Å²) in [7, 11) is 0. The van der Waals surface area contributed by atoms with Crippen molar-refractivity contribution in [3.8, 4) is 6.07 Å². The van der Waals surface area contributed by atoms with Crippen LogP contribution in [-0.2, 0) is 5.11 Å². The van der Waals surface area contributed by atoms with Gasteiger partial charge in [0, 0.05) is 0 Å². The largest absolute Gasteiger partial charge is 0.232 e. The summed E-state index contributed by atoms with van der Waals surface area (Å²) in [6.07, 6.45) is -0.745. The molecule has 0 aliphatic carbocycles. The lowest BCUT2D eigenvalue weighted by Gasteiger charge is -1.98. The average molecular weight is 98.1 g/mol. The summed E-state index contributed by atoms with van der Waals surface area (Å²) in [5.41, 5.74) is 0. The van der Waals surface area contributed by atoms with E-state index in [1.807, 2.05) is 6.07 Å². The van der Waals surface area contributed by atoms with Crippen LogP contribution in [0.2, 0.25) is 0 Å². The van der Waals surface area contributed by atoms with Crippen molar-refractivity contribution < 1.29 is 5.11 Å². The van der Waals surface area contributed by atoms with Crippen LogP contribution in [0, 0.1) is 17.2 Å². The van der Waals surface area contributed by atoms with Crippen LogP contribution in [0.1, 0.15) is 13.8 Å². The monoisotopic (exact) mass is 98.1 g/mol. The molecule has 0 N–H and O–H groups in total. The highest BCUT2D eigenvalue weighted by Gasteiger charge is 2.06. The van der Waals surface area contributed by atoms with Crippen molar-refractivity contribution >= 4 is 0 Å². The molecule has 0 saturated heterocycles. The van der Waals surface area contributed by atoms with Crippen molar-refractivity contribution in [3.63, 3.8) is 0 Å². The molecule has 0 aromatic heterocycles. The van der Waals surface area contributed by atoms with Crippen molar-refractivity contribution in [2.24, 2.45) is 5.92 Å². The molecule has 0 amide bonds. The molecule has 0 aliphatic heterocycles. The van der Waals surface area contributed by atoms with Gasteiger partial charge in [0.1, 0.15) is 6.10 Å². The number of nitriles is 1. The van der Waals surface area contributed by atoms with Gasteiger partial charge >= 0.3 is 0 Å². The normalized spacial score (nSPS) is 17.4. The number of nitrogens with zero attached hydrogens (tertiary/aromatic N) is 1.